The number of benzene rings is 2. The van der Waals surface area contributed by atoms with E-state index >= 15 is 0 Å². The molecule has 0 radical (unpaired) electrons. The van der Waals surface area contributed by atoms with Crippen molar-refractivity contribution in [2.75, 3.05) is 20.3 Å². The molecule has 6 rings (SSSR count). The Kier molecular flexibility index (Phi) is 6.07. The highest BCUT2D eigenvalue weighted by Gasteiger charge is 2.33. The van der Waals surface area contributed by atoms with E-state index in [1.54, 1.807) is 17.8 Å². The van der Waals surface area contributed by atoms with Crippen LogP contribution in [0.15, 0.2) is 60.7 Å². The Hall–Kier alpha value is -4.24. The van der Waals surface area contributed by atoms with Gasteiger partial charge in [0, 0.05) is 26.3 Å². The molecule has 3 aromatic heterocycles. The van der Waals surface area contributed by atoms with Gasteiger partial charge in [0.05, 0.1) is 35.3 Å². The van der Waals surface area contributed by atoms with Gasteiger partial charge in [-0.05, 0) is 55.5 Å². The summed E-state index contributed by atoms with van der Waals surface area (Å²) in [4.78, 5) is 12.5. The Morgan fingerprint density at radius 1 is 1.11 bits per heavy atom. The van der Waals surface area contributed by atoms with Crippen molar-refractivity contribution in [3.05, 3.63) is 82.7 Å². The molecule has 0 N–H and O–H groups in total. The van der Waals surface area contributed by atoms with Crippen molar-refractivity contribution in [3.63, 3.8) is 0 Å². The van der Waals surface area contributed by atoms with Gasteiger partial charge in [0.25, 0.3) is 0 Å². The van der Waals surface area contributed by atoms with E-state index in [0.717, 1.165) is 39.6 Å². The lowest BCUT2D eigenvalue weighted by Crippen LogP contribution is -2.31. The van der Waals surface area contributed by atoms with Gasteiger partial charge in [-0.15, -0.1) is 5.10 Å². The van der Waals surface area contributed by atoms with Crippen LogP contribution in [0.5, 0.6) is 0 Å². The molecule has 0 saturated carbocycles. The Labute approximate surface area is 219 Å². The number of hydrogen-bond donors (Lipinski definition) is 0. The molecule has 0 amide bonds. The summed E-state index contributed by atoms with van der Waals surface area (Å²) in [5.74, 6) is -0.131. The summed E-state index contributed by atoms with van der Waals surface area (Å²) in [7, 11) is 3.15. The molecule has 0 spiro atoms. The summed E-state index contributed by atoms with van der Waals surface area (Å²) < 4.78 is 15.6. The zero-order valence-corrected chi connectivity index (χ0v) is 21.6. The summed E-state index contributed by atoms with van der Waals surface area (Å²) in [6, 6.07) is 19.5. The van der Waals surface area contributed by atoms with Crippen molar-refractivity contribution in [1.82, 2.24) is 19.6 Å². The number of ether oxygens (including phenoxy) is 2. The summed E-state index contributed by atoms with van der Waals surface area (Å²) in [5.41, 5.74) is 5.56. The third-order valence-electron chi connectivity index (χ3n) is 7.63. The predicted molar refractivity (Wildman–Crippen MR) is 143 cm³/mol. The van der Waals surface area contributed by atoms with E-state index in [2.05, 4.69) is 27.0 Å². The first kappa shape index (κ1) is 24.1. The first-order chi connectivity index (χ1) is 18.5. The molecule has 1 aliphatic heterocycles. The van der Waals surface area contributed by atoms with Gasteiger partial charge in [-0.3, -0.25) is 0 Å². The molecule has 2 aromatic carbocycles. The first-order valence-electron chi connectivity index (χ1n) is 12.8. The Morgan fingerprint density at radius 3 is 2.55 bits per heavy atom. The van der Waals surface area contributed by atoms with Gasteiger partial charge in [-0.2, -0.15) is 4.73 Å². The van der Waals surface area contributed by atoms with Crippen molar-refractivity contribution >= 4 is 27.9 Å². The van der Waals surface area contributed by atoms with Gasteiger partial charge in [-0.25, -0.2) is 9.48 Å². The van der Waals surface area contributed by atoms with Crippen molar-refractivity contribution < 1.29 is 19.0 Å². The fourth-order valence-corrected chi connectivity index (χ4v) is 5.88. The highest BCUT2D eigenvalue weighted by Crippen LogP contribution is 2.40. The number of hydrogen-bond acceptors (Lipinski definition) is 6. The van der Waals surface area contributed by atoms with Crippen molar-refractivity contribution in [3.8, 4) is 11.4 Å². The van der Waals surface area contributed by atoms with Crippen LogP contribution >= 0.6 is 0 Å². The van der Waals surface area contributed by atoms with E-state index in [1.807, 2.05) is 49.4 Å². The number of pyridine rings is 1. The maximum absolute atomic E-state index is 14.1. The topological polar surface area (TPSA) is 98.1 Å². The van der Waals surface area contributed by atoms with Gasteiger partial charge in [0.15, 0.2) is 5.69 Å². The monoisotopic (exact) mass is 511 g/mol. The molecule has 38 heavy (non-hydrogen) atoms. The van der Waals surface area contributed by atoms with Crippen LogP contribution in [0.25, 0.3) is 33.3 Å². The van der Waals surface area contributed by atoms with Crippen LogP contribution in [-0.4, -0.2) is 45.9 Å². The van der Waals surface area contributed by atoms with Crippen LogP contribution in [0.1, 0.15) is 40.5 Å². The second-order valence-electron chi connectivity index (χ2n) is 9.79. The fraction of sp³-hybridized carbons (Fsp3) is 0.310. The number of nitrogens with zero attached hydrogens (tertiary/aromatic N) is 5. The molecular weight excluding hydrogens is 482 g/mol. The lowest BCUT2D eigenvalue weighted by Gasteiger charge is -2.33. The molecule has 9 nitrogen and oxygen atoms in total. The fourth-order valence-electron chi connectivity index (χ4n) is 5.88. The first-order valence-corrected chi connectivity index (χ1v) is 12.8. The molecule has 0 aliphatic carbocycles. The molecule has 1 fully saturated rings. The number of fused-ring (bicyclic) bond motifs is 3. The van der Waals surface area contributed by atoms with Crippen LogP contribution in [0.3, 0.4) is 0 Å². The highest BCUT2D eigenvalue weighted by molar-refractivity contribution is 6.07. The molecule has 0 bridgehead atoms. The molecule has 1 aliphatic rings. The van der Waals surface area contributed by atoms with Crippen molar-refractivity contribution in [2.45, 2.75) is 25.8 Å². The molecule has 9 heteroatoms. The third kappa shape index (κ3) is 3.81. The maximum atomic E-state index is 14.1. The molecule has 194 valence electrons. The second-order valence-corrected chi connectivity index (χ2v) is 9.79. The van der Waals surface area contributed by atoms with Crippen LogP contribution in [0.2, 0.25) is 0 Å². The van der Waals surface area contributed by atoms with E-state index in [-0.39, 0.29) is 12.0 Å². The number of carbonyl (C=O) groups is 1. The smallest absolute Gasteiger partial charge is 0.337 e. The molecule has 1 atom stereocenters. The average molecular weight is 512 g/mol. The van der Waals surface area contributed by atoms with E-state index < -0.39 is 5.97 Å². The standard InChI is InChI=1S/C29H29N5O4/c1-18-26(32(2)31-30-18)24-12-11-23-28(34(24)36)22-10-9-21(29(35)37-3)17-25(22)33(23)27(19-7-5-4-6-8-19)20-13-15-38-16-14-20/h4-12,17,20,27H,13-16H2,1-3H3. The minimum Gasteiger partial charge on any atom is -0.618 e. The molecule has 5 aromatic rings. The van der Waals surface area contributed by atoms with E-state index in [1.165, 1.54) is 7.11 Å². The summed E-state index contributed by atoms with van der Waals surface area (Å²) in [6.07, 6.45) is 1.79. The molecular formula is C29H29N5O4. The largest absolute Gasteiger partial charge is 0.618 e. The lowest BCUT2D eigenvalue weighted by molar-refractivity contribution is -0.564. The molecule has 4 heterocycles. The summed E-state index contributed by atoms with van der Waals surface area (Å²) >= 11 is 0. The minimum atomic E-state index is -0.418. The normalized spacial score (nSPS) is 15.2. The van der Waals surface area contributed by atoms with Crippen molar-refractivity contribution in [1.29, 1.82) is 0 Å². The Bertz CT molecular complexity index is 1630. The van der Waals surface area contributed by atoms with Crippen LogP contribution in [0, 0.1) is 18.0 Å². The number of rotatable bonds is 5. The second kappa shape index (κ2) is 9.57. The zero-order chi connectivity index (χ0) is 26.4. The molecule has 1 unspecified atom stereocenters. The Morgan fingerprint density at radius 2 is 1.87 bits per heavy atom. The summed E-state index contributed by atoms with van der Waals surface area (Å²) in [6.45, 7) is 3.23. The third-order valence-corrected chi connectivity index (χ3v) is 7.63. The highest BCUT2D eigenvalue weighted by atomic mass is 16.5. The van der Waals surface area contributed by atoms with E-state index in [0.29, 0.717) is 41.4 Å². The molecule has 1 saturated heterocycles. The van der Waals surface area contributed by atoms with Crippen LogP contribution in [-0.2, 0) is 16.5 Å². The predicted octanol–water partition coefficient (Wildman–Crippen LogP) is 4.33. The van der Waals surface area contributed by atoms with E-state index in [9.17, 15) is 10.0 Å². The summed E-state index contributed by atoms with van der Waals surface area (Å²) in [5, 5.41) is 23.1. The Balaban J connectivity index is 1.70. The lowest BCUT2D eigenvalue weighted by atomic mass is 9.86. The number of carbonyl (C=O) groups excluding carboxylic acids is 1. The van der Waals surface area contributed by atoms with Crippen molar-refractivity contribution in [2.24, 2.45) is 13.0 Å². The van der Waals surface area contributed by atoms with Gasteiger partial charge in [-0.1, -0.05) is 35.5 Å². The number of esters is 1. The average Bonchev–Trinajstić information content (AvgIpc) is 3.46. The quantitative estimate of drug-likeness (QED) is 0.198. The zero-order valence-electron chi connectivity index (χ0n) is 21.6. The SMILES string of the molecule is COC(=O)c1ccc2c(c1)n(C(c1ccccc1)C1CCOCC1)c1ccc(-c3c(C)nnn3C)[n+]([O-])c21. The van der Waals surface area contributed by atoms with Crippen LogP contribution in [0.4, 0.5) is 0 Å². The van der Waals surface area contributed by atoms with Gasteiger partial charge < -0.3 is 19.2 Å². The van der Waals surface area contributed by atoms with Gasteiger partial charge in [0.1, 0.15) is 5.52 Å². The van der Waals surface area contributed by atoms with Gasteiger partial charge in [0.2, 0.25) is 11.2 Å². The number of methoxy groups -OCH3 is 1. The van der Waals surface area contributed by atoms with Gasteiger partial charge >= 0.3 is 5.97 Å². The van der Waals surface area contributed by atoms with Crippen LogP contribution < -0.4 is 4.73 Å². The number of aryl methyl sites for hydroxylation is 2. The van der Waals surface area contributed by atoms with E-state index in [4.69, 9.17) is 9.47 Å². The number of aromatic nitrogens is 5. The maximum Gasteiger partial charge on any atom is 0.337 e. The minimum absolute atomic E-state index is 0.0565.